The largest absolute Gasteiger partial charge is 0.339 e. The molecule has 5 heteroatoms. The van der Waals surface area contributed by atoms with Gasteiger partial charge in [0.25, 0.3) is 5.91 Å². The van der Waals surface area contributed by atoms with Crippen LogP contribution in [0.4, 0.5) is 0 Å². The van der Waals surface area contributed by atoms with Gasteiger partial charge in [-0.1, -0.05) is 23.2 Å². The fraction of sp³-hybridized carbons (Fsp3) is 0.562. The molecule has 0 radical (unpaired) electrons. The first-order chi connectivity index (χ1) is 9.90. The standard InChI is InChI=1S/C16H22Cl2N2O/c1-11-14(17)9-12(10-15(11)18)16(21)20-7-4-5-13(6-8-20)19(2)3/h9-10,13H,4-8H2,1-3H3/t13-/m0/s1. The molecule has 1 aromatic carbocycles. The fourth-order valence-electron chi connectivity index (χ4n) is 2.75. The Labute approximate surface area is 136 Å². The number of rotatable bonds is 2. The van der Waals surface area contributed by atoms with Crippen molar-refractivity contribution in [2.45, 2.75) is 32.2 Å². The van der Waals surface area contributed by atoms with Gasteiger partial charge in [-0.2, -0.15) is 0 Å². The highest BCUT2D eigenvalue weighted by atomic mass is 35.5. The Morgan fingerprint density at radius 2 is 1.81 bits per heavy atom. The summed E-state index contributed by atoms with van der Waals surface area (Å²) in [6.45, 7) is 3.43. The third-order valence-corrected chi connectivity index (χ3v) is 5.03. The molecule has 0 saturated carbocycles. The zero-order chi connectivity index (χ0) is 15.6. The molecular formula is C16H22Cl2N2O. The highest BCUT2D eigenvalue weighted by molar-refractivity contribution is 6.36. The van der Waals surface area contributed by atoms with Gasteiger partial charge in [-0.3, -0.25) is 4.79 Å². The van der Waals surface area contributed by atoms with E-state index in [4.69, 9.17) is 23.2 Å². The number of hydrogen-bond acceptors (Lipinski definition) is 2. The van der Waals surface area contributed by atoms with Crippen molar-refractivity contribution >= 4 is 29.1 Å². The van der Waals surface area contributed by atoms with Crippen molar-refractivity contribution in [2.24, 2.45) is 0 Å². The van der Waals surface area contributed by atoms with Gasteiger partial charge in [0.15, 0.2) is 0 Å². The van der Waals surface area contributed by atoms with E-state index < -0.39 is 0 Å². The molecule has 0 aromatic heterocycles. The van der Waals surface area contributed by atoms with Crippen LogP contribution < -0.4 is 0 Å². The van der Waals surface area contributed by atoms with Crippen LogP contribution in [-0.2, 0) is 0 Å². The molecule has 1 saturated heterocycles. The van der Waals surface area contributed by atoms with E-state index in [9.17, 15) is 4.79 Å². The molecule has 1 fully saturated rings. The molecular weight excluding hydrogens is 307 g/mol. The zero-order valence-corrected chi connectivity index (χ0v) is 14.3. The van der Waals surface area contributed by atoms with E-state index in [1.165, 1.54) is 0 Å². The van der Waals surface area contributed by atoms with Crippen LogP contribution in [0.5, 0.6) is 0 Å². The van der Waals surface area contributed by atoms with E-state index in [0.717, 1.165) is 37.9 Å². The third-order valence-electron chi connectivity index (χ3n) is 4.24. The van der Waals surface area contributed by atoms with Crippen LogP contribution in [0.2, 0.25) is 10.0 Å². The summed E-state index contributed by atoms with van der Waals surface area (Å²) in [7, 11) is 4.20. The first-order valence-corrected chi connectivity index (χ1v) is 8.07. The lowest BCUT2D eigenvalue weighted by molar-refractivity contribution is 0.0758. The monoisotopic (exact) mass is 328 g/mol. The lowest BCUT2D eigenvalue weighted by atomic mass is 10.1. The van der Waals surface area contributed by atoms with Crippen molar-refractivity contribution in [3.63, 3.8) is 0 Å². The van der Waals surface area contributed by atoms with Crippen molar-refractivity contribution in [2.75, 3.05) is 27.2 Å². The Morgan fingerprint density at radius 3 is 2.38 bits per heavy atom. The second kappa shape index (κ2) is 6.99. The minimum absolute atomic E-state index is 0.0261. The molecule has 0 spiro atoms. The normalized spacial score (nSPS) is 19.7. The van der Waals surface area contributed by atoms with E-state index in [-0.39, 0.29) is 5.91 Å². The quantitative estimate of drug-likeness (QED) is 0.823. The second-order valence-corrected chi connectivity index (χ2v) is 6.72. The number of likely N-dealkylation sites (tertiary alicyclic amines) is 1. The van der Waals surface area contributed by atoms with Gasteiger partial charge in [0, 0.05) is 34.7 Å². The van der Waals surface area contributed by atoms with Crippen LogP contribution in [0, 0.1) is 6.92 Å². The average molecular weight is 329 g/mol. The van der Waals surface area contributed by atoms with Crippen LogP contribution in [0.25, 0.3) is 0 Å². The molecule has 1 aliphatic heterocycles. The smallest absolute Gasteiger partial charge is 0.253 e. The molecule has 116 valence electrons. The number of nitrogens with zero attached hydrogens (tertiary/aromatic N) is 2. The molecule has 1 aromatic rings. The number of amides is 1. The maximum Gasteiger partial charge on any atom is 0.253 e. The summed E-state index contributed by atoms with van der Waals surface area (Å²) < 4.78 is 0. The average Bonchev–Trinajstić information content (AvgIpc) is 2.69. The third kappa shape index (κ3) is 3.91. The van der Waals surface area contributed by atoms with E-state index in [2.05, 4.69) is 19.0 Å². The highest BCUT2D eigenvalue weighted by Crippen LogP contribution is 2.27. The lowest BCUT2D eigenvalue weighted by Crippen LogP contribution is -2.33. The van der Waals surface area contributed by atoms with Crippen LogP contribution >= 0.6 is 23.2 Å². The Morgan fingerprint density at radius 1 is 1.19 bits per heavy atom. The summed E-state index contributed by atoms with van der Waals surface area (Å²) in [6, 6.07) is 3.99. The number of hydrogen-bond donors (Lipinski definition) is 0. The van der Waals surface area contributed by atoms with Gasteiger partial charge in [0.1, 0.15) is 0 Å². The number of benzene rings is 1. The maximum absolute atomic E-state index is 12.6. The molecule has 2 rings (SSSR count). The van der Waals surface area contributed by atoms with Gasteiger partial charge in [-0.25, -0.2) is 0 Å². The molecule has 1 aliphatic rings. The number of carbonyl (C=O) groups is 1. The Hall–Kier alpha value is -0.770. The van der Waals surface area contributed by atoms with Gasteiger partial charge in [0.2, 0.25) is 0 Å². The fourth-order valence-corrected chi connectivity index (χ4v) is 3.24. The molecule has 0 aliphatic carbocycles. The predicted octanol–water partition coefficient (Wildman–Crippen LogP) is 3.86. The maximum atomic E-state index is 12.6. The molecule has 21 heavy (non-hydrogen) atoms. The predicted molar refractivity (Wildman–Crippen MR) is 88.4 cm³/mol. The number of carbonyl (C=O) groups excluding carboxylic acids is 1. The molecule has 1 heterocycles. The van der Waals surface area contributed by atoms with Crippen LogP contribution in [0.3, 0.4) is 0 Å². The van der Waals surface area contributed by atoms with Crippen LogP contribution in [0.15, 0.2) is 12.1 Å². The topological polar surface area (TPSA) is 23.6 Å². The lowest BCUT2D eigenvalue weighted by Gasteiger charge is -2.23. The summed E-state index contributed by atoms with van der Waals surface area (Å²) in [5, 5.41) is 1.10. The van der Waals surface area contributed by atoms with Crippen molar-refractivity contribution in [1.82, 2.24) is 9.80 Å². The minimum Gasteiger partial charge on any atom is -0.339 e. The van der Waals surface area contributed by atoms with Crippen molar-refractivity contribution in [1.29, 1.82) is 0 Å². The molecule has 3 nitrogen and oxygen atoms in total. The van der Waals surface area contributed by atoms with E-state index in [1.807, 2.05) is 11.8 Å². The molecule has 0 N–H and O–H groups in total. The molecule has 0 bridgehead atoms. The van der Waals surface area contributed by atoms with E-state index in [0.29, 0.717) is 21.7 Å². The Kier molecular flexibility index (Phi) is 5.53. The van der Waals surface area contributed by atoms with Crippen molar-refractivity contribution in [3.8, 4) is 0 Å². The van der Waals surface area contributed by atoms with Gasteiger partial charge in [0.05, 0.1) is 0 Å². The van der Waals surface area contributed by atoms with Crippen LogP contribution in [-0.4, -0.2) is 48.9 Å². The van der Waals surface area contributed by atoms with Crippen molar-refractivity contribution in [3.05, 3.63) is 33.3 Å². The summed E-state index contributed by atoms with van der Waals surface area (Å²) >= 11 is 12.3. The van der Waals surface area contributed by atoms with E-state index >= 15 is 0 Å². The SMILES string of the molecule is Cc1c(Cl)cc(C(=O)N2CCC[C@H](N(C)C)CC2)cc1Cl. The minimum atomic E-state index is 0.0261. The summed E-state index contributed by atoms with van der Waals surface area (Å²) in [5.41, 5.74) is 1.40. The molecule has 1 amide bonds. The second-order valence-electron chi connectivity index (χ2n) is 5.91. The Bertz CT molecular complexity index is 508. The first-order valence-electron chi connectivity index (χ1n) is 7.31. The van der Waals surface area contributed by atoms with E-state index in [1.54, 1.807) is 12.1 Å². The van der Waals surface area contributed by atoms with Gasteiger partial charge >= 0.3 is 0 Å². The van der Waals surface area contributed by atoms with Gasteiger partial charge < -0.3 is 9.80 Å². The molecule has 0 unspecified atom stereocenters. The zero-order valence-electron chi connectivity index (χ0n) is 12.8. The van der Waals surface area contributed by atoms with Gasteiger partial charge in [-0.05, 0) is 58.0 Å². The van der Waals surface area contributed by atoms with Gasteiger partial charge in [-0.15, -0.1) is 0 Å². The highest BCUT2D eigenvalue weighted by Gasteiger charge is 2.23. The summed E-state index contributed by atoms with van der Waals surface area (Å²) in [6.07, 6.45) is 3.17. The van der Waals surface area contributed by atoms with Crippen molar-refractivity contribution < 1.29 is 4.79 Å². The number of halogens is 2. The Balaban J connectivity index is 2.13. The summed E-state index contributed by atoms with van der Waals surface area (Å²) in [4.78, 5) is 16.8. The molecule has 1 atom stereocenters. The van der Waals surface area contributed by atoms with Crippen LogP contribution in [0.1, 0.15) is 35.2 Å². The summed E-state index contributed by atoms with van der Waals surface area (Å²) in [5.74, 6) is 0.0261. The first kappa shape index (κ1) is 16.6.